The van der Waals surface area contributed by atoms with Crippen LogP contribution in [0.15, 0.2) is 30.3 Å². The number of nitrogens with zero attached hydrogens (tertiary/aromatic N) is 1. The van der Waals surface area contributed by atoms with Gasteiger partial charge in [0.05, 0.1) is 12.5 Å². The summed E-state index contributed by atoms with van der Waals surface area (Å²) in [7, 11) is 0. The first kappa shape index (κ1) is 19.9. The molecule has 3 fully saturated rings. The normalized spacial score (nSPS) is 30.5. The van der Waals surface area contributed by atoms with Gasteiger partial charge in [0.25, 0.3) is 0 Å². The first-order chi connectivity index (χ1) is 13.8. The van der Waals surface area contributed by atoms with Crippen molar-refractivity contribution >= 4 is 17.8 Å². The Bertz CT molecular complexity index is 803. The smallest absolute Gasteiger partial charge is 0.326 e. The zero-order valence-corrected chi connectivity index (χ0v) is 16.8. The quantitative estimate of drug-likeness (QED) is 0.751. The van der Waals surface area contributed by atoms with Gasteiger partial charge in [0, 0.05) is 25.5 Å². The minimum Gasteiger partial charge on any atom is -0.480 e. The second-order valence-electron chi connectivity index (χ2n) is 9.04. The molecule has 2 saturated heterocycles. The molecule has 4 rings (SSSR count). The highest BCUT2D eigenvalue weighted by molar-refractivity contribution is 5.92. The highest BCUT2D eigenvalue weighted by Crippen LogP contribution is 2.64. The third-order valence-electron chi connectivity index (χ3n) is 6.94. The molecule has 7 heteroatoms. The molecule has 1 aliphatic carbocycles. The van der Waals surface area contributed by atoms with Crippen LogP contribution in [0.3, 0.4) is 0 Å². The Hall–Kier alpha value is -2.41. The van der Waals surface area contributed by atoms with Gasteiger partial charge in [-0.05, 0) is 23.3 Å². The van der Waals surface area contributed by atoms with Crippen molar-refractivity contribution in [2.45, 2.75) is 38.8 Å². The molecule has 2 amide bonds. The molecule has 0 spiro atoms. The van der Waals surface area contributed by atoms with Crippen molar-refractivity contribution in [2.24, 2.45) is 23.2 Å². The van der Waals surface area contributed by atoms with Gasteiger partial charge in [-0.25, -0.2) is 4.79 Å². The molecule has 5 atom stereocenters. The number of hydrogen-bond donors (Lipinski definition) is 2. The Morgan fingerprint density at radius 1 is 1.28 bits per heavy atom. The van der Waals surface area contributed by atoms with Gasteiger partial charge in [0.15, 0.2) is 0 Å². The van der Waals surface area contributed by atoms with Crippen LogP contribution in [0.5, 0.6) is 0 Å². The first-order valence-electron chi connectivity index (χ1n) is 10.3. The third-order valence-corrected chi connectivity index (χ3v) is 6.94. The van der Waals surface area contributed by atoms with E-state index in [0.717, 1.165) is 5.56 Å². The number of carboxylic acid groups (broad SMARTS) is 1. The number of hydrogen-bond acceptors (Lipinski definition) is 4. The molecule has 156 valence electrons. The number of benzene rings is 1. The van der Waals surface area contributed by atoms with E-state index < -0.39 is 18.1 Å². The lowest BCUT2D eigenvalue weighted by atomic mass is 9.98. The van der Waals surface area contributed by atoms with Crippen LogP contribution in [0.4, 0.5) is 0 Å². The molecule has 2 aliphatic heterocycles. The molecule has 2 heterocycles. The summed E-state index contributed by atoms with van der Waals surface area (Å²) in [5.41, 5.74) is 0.865. The number of carboxylic acids is 1. The molecule has 0 bridgehead atoms. The van der Waals surface area contributed by atoms with E-state index in [9.17, 15) is 19.5 Å². The molecule has 1 aromatic carbocycles. The number of piperidine rings is 1. The van der Waals surface area contributed by atoms with Crippen molar-refractivity contribution in [2.75, 3.05) is 19.8 Å². The minimum atomic E-state index is -0.967. The number of ether oxygens (including phenoxy) is 1. The zero-order chi connectivity index (χ0) is 20.8. The van der Waals surface area contributed by atoms with Gasteiger partial charge in [-0.15, -0.1) is 0 Å². The number of fused-ring (bicyclic) bond motifs is 1. The van der Waals surface area contributed by atoms with Gasteiger partial charge in [0.1, 0.15) is 12.1 Å². The lowest BCUT2D eigenvalue weighted by Crippen LogP contribution is -2.55. The average Bonchev–Trinajstić information content (AvgIpc) is 3.17. The van der Waals surface area contributed by atoms with E-state index in [2.05, 4.69) is 19.2 Å². The van der Waals surface area contributed by atoms with Crippen LogP contribution in [0.2, 0.25) is 0 Å². The number of carbonyl (C=O) groups is 3. The molecule has 1 saturated carbocycles. The summed E-state index contributed by atoms with van der Waals surface area (Å²) in [6, 6.07) is 7.87. The average molecular weight is 400 g/mol. The molecule has 7 nitrogen and oxygen atoms in total. The van der Waals surface area contributed by atoms with Crippen LogP contribution in [-0.2, 0) is 25.5 Å². The van der Waals surface area contributed by atoms with Crippen LogP contribution in [0.1, 0.15) is 25.8 Å². The Kier molecular flexibility index (Phi) is 5.11. The molecule has 2 N–H and O–H groups in total. The lowest BCUT2D eigenvalue weighted by molar-refractivity contribution is -0.151. The second-order valence-corrected chi connectivity index (χ2v) is 9.04. The molecule has 29 heavy (non-hydrogen) atoms. The number of rotatable bonds is 6. The van der Waals surface area contributed by atoms with E-state index >= 15 is 0 Å². The fourth-order valence-corrected chi connectivity index (χ4v) is 5.08. The summed E-state index contributed by atoms with van der Waals surface area (Å²) in [6.45, 7) is 5.45. The summed E-state index contributed by atoms with van der Waals surface area (Å²) in [5, 5.41) is 12.7. The van der Waals surface area contributed by atoms with Crippen molar-refractivity contribution in [1.82, 2.24) is 10.2 Å². The topological polar surface area (TPSA) is 95.9 Å². The summed E-state index contributed by atoms with van der Waals surface area (Å²) in [4.78, 5) is 39.5. The zero-order valence-electron chi connectivity index (χ0n) is 16.8. The van der Waals surface area contributed by atoms with E-state index in [1.54, 1.807) is 0 Å². The van der Waals surface area contributed by atoms with E-state index in [0.29, 0.717) is 32.6 Å². The maximum Gasteiger partial charge on any atom is 0.326 e. The Labute approximate surface area is 170 Å². The number of likely N-dealkylation sites (tertiary alicyclic amines) is 1. The Balaban J connectivity index is 1.54. The van der Waals surface area contributed by atoms with Crippen molar-refractivity contribution < 1.29 is 24.2 Å². The largest absolute Gasteiger partial charge is 0.480 e. The molecule has 0 aromatic heterocycles. The summed E-state index contributed by atoms with van der Waals surface area (Å²) < 4.78 is 5.30. The number of aliphatic carboxylic acids is 1. The van der Waals surface area contributed by atoms with Crippen molar-refractivity contribution in [3.63, 3.8) is 0 Å². The monoisotopic (exact) mass is 400 g/mol. The van der Waals surface area contributed by atoms with Crippen LogP contribution in [-0.4, -0.2) is 59.6 Å². The highest BCUT2D eigenvalue weighted by atomic mass is 16.5. The first-order valence-corrected chi connectivity index (χ1v) is 10.3. The summed E-state index contributed by atoms with van der Waals surface area (Å²) in [5.74, 6) is -1.57. The highest BCUT2D eigenvalue weighted by Gasteiger charge is 2.69. The van der Waals surface area contributed by atoms with Crippen LogP contribution >= 0.6 is 0 Å². The fraction of sp³-hybridized carbons (Fsp3) is 0.591. The third kappa shape index (κ3) is 3.64. The maximum atomic E-state index is 13.4. The maximum absolute atomic E-state index is 13.4. The van der Waals surface area contributed by atoms with Crippen molar-refractivity contribution in [3.8, 4) is 0 Å². The molecular formula is C22H28N2O5. The number of amides is 2. The number of nitrogens with one attached hydrogen (secondary N) is 1. The predicted octanol–water partition coefficient (Wildman–Crippen LogP) is 1.32. The molecule has 1 unspecified atom stereocenters. The fourth-order valence-electron chi connectivity index (χ4n) is 5.08. The lowest BCUT2D eigenvalue weighted by Gasteiger charge is -2.32. The number of carbonyl (C=O) groups excluding carboxylic acids is 2. The predicted molar refractivity (Wildman–Crippen MR) is 105 cm³/mol. The van der Waals surface area contributed by atoms with Crippen molar-refractivity contribution in [3.05, 3.63) is 35.9 Å². The van der Waals surface area contributed by atoms with Gasteiger partial charge in [0.2, 0.25) is 11.8 Å². The molecule has 1 aromatic rings. The van der Waals surface area contributed by atoms with Gasteiger partial charge in [-0.2, -0.15) is 0 Å². The van der Waals surface area contributed by atoms with Crippen LogP contribution in [0.25, 0.3) is 0 Å². The molecule has 3 aliphatic rings. The second kappa shape index (κ2) is 7.44. The van der Waals surface area contributed by atoms with Gasteiger partial charge >= 0.3 is 5.97 Å². The van der Waals surface area contributed by atoms with Crippen molar-refractivity contribution in [1.29, 1.82) is 0 Å². The van der Waals surface area contributed by atoms with Crippen LogP contribution in [0, 0.1) is 23.2 Å². The molecule has 0 radical (unpaired) electrons. The van der Waals surface area contributed by atoms with E-state index in [1.165, 1.54) is 4.90 Å². The summed E-state index contributed by atoms with van der Waals surface area (Å²) in [6.07, 6.45) is 0.971. The Morgan fingerprint density at radius 3 is 2.62 bits per heavy atom. The van der Waals surface area contributed by atoms with E-state index in [1.807, 2.05) is 30.3 Å². The summed E-state index contributed by atoms with van der Waals surface area (Å²) >= 11 is 0. The van der Waals surface area contributed by atoms with Gasteiger partial charge in [-0.3, -0.25) is 9.59 Å². The SMILES string of the molecule is CC1(C)[C@@H]2[C@@H](C(=O)O)N(C(=O)C(Cc3ccccc3)NC(=O)[C@@H]3CCOC3)C[C@@H]21. The van der Waals surface area contributed by atoms with Gasteiger partial charge < -0.3 is 20.1 Å². The minimum absolute atomic E-state index is 0.0275. The van der Waals surface area contributed by atoms with E-state index in [-0.39, 0.29) is 35.0 Å². The van der Waals surface area contributed by atoms with E-state index in [4.69, 9.17) is 4.74 Å². The van der Waals surface area contributed by atoms with Gasteiger partial charge in [-0.1, -0.05) is 44.2 Å². The standard InChI is InChI=1S/C22H28N2O5/c1-22(2)15-11-24(18(17(15)22)21(27)28)20(26)16(10-13-6-4-3-5-7-13)23-19(25)14-8-9-29-12-14/h3-7,14-18H,8-12H2,1-2H3,(H,23,25)(H,27,28)/t14-,15+,16?,17+,18+/m1/s1. The Morgan fingerprint density at radius 2 is 2.00 bits per heavy atom. The van der Waals surface area contributed by atoms with Crippen LogP contribution < -0.4 is 5.32 Å². The molecular weight excluding hydrogens is 372 g/mol.